The molecule has 1 aliphatic heterocycles. The van der Waals surface area contributed by atoms with Crippen LogP contribution in [0.3, 0.4) is 0 Å². The minimum absolute atomic E-state index is 0.277. The van der Waals surface area contributed by atoms with Crippen molar-refractivity contribution in [2.75, 3.05) is 0 Å². The van der Waals surface area contributed by atoms with Gasteiger partial charge in [-0.05, 0) is 31.1 Å². The molecule has 1 atom stereocenters. The molecule has 68 valence electrons. The summed E-state index contributed by atoms with van der Waals surface area (Å²) in [6.07, 6.45) is 11.7. The number of allylic oxidation sites excluding steroid dienone is 5. The van der Waals surface area contributed by atoms with Crippen molar-refractivity contribution in [1.29, 1.82) is 0 Å². The lowest BCUT2D eigenvalue weighted by Gasteiger charge is -2.15. The van der Waals surface area contributed by atoms with Crippen molar-refractivity contribution in [3.8, 4) is 0 Å². The monoisotopic (exact) mass is 173 g/mol. The van der Waals surface area contributed by atoms with Gasteiger partial charge in [-0.2, -0.15) is 0 Å². The normalized spacial score (nSPS) is 25.2. The van der Waals surface area contributed by atoms with E-state index in [0.717, 1.165) is 0 Å². The molecule has 0 radical (unpaired) electrons. The summed E-state index contributed by atoms with van der Waals surface area (Å²) in [5.41, 5.74) is 2.57. The minimum atomic E-state index is 0.277. The van der Waals surface area contributed by atoms with Gasteiger partial charge in [0.15, 0.2) is 0 Å². The lowest BCUT2D eigenvalue weighted by atomic mass is 9.98. The van der Waals surface area contributed by atoms with Gasteiger partial charge < -0.3 is 0 Å². The third-order valence-corrected chi connectivity index (χ3v) is 2.06. The van der Waals surface area contributed by atoms with Crippen molar-refractivity contribution < 1.29 is 0 Å². The summed E-state index contributed by atoms with van der Waals surface area (Å²) in [5.74, 6) is 0. The predicted octanol–water partition coefficient (Wildman–Crippen LogP) is 3.07. The summed E-state index contributed by atoms with van der Waals surface area (Å²) in [5, 5.41) is 0. The molecule has 0 aromatic rings. The second-order valence-electron chi connectivity index (χ2n) is 3.07. The van der Waals surface area contributed by atoms with Crippen LogP contribution >= 0.6 is 0 Å². The zero-order valence-corrected chi connectivity index (χ0v) is 8.20. The van der Waals surface area contributed by atoms with Crippen LogP contribution in [0.25, 0.3) is 0 Å². The highest BCUT2D eigenvalue weighted by Gasteiger charge is 2.09. The maximum absolute atomic E-state index is 4.31. The molecule has 0 N–H and O–H groups in total. The van der Waals surface area contributed by atoms with Gasteiger partial charge in [-0.25, -0.2) is 0 Å². The summed E-state index contributed by atoms with van der Waals surface area (Å²) in [7, 11) is 0. The third-order valence-electron chi connectivity index (χ3n) is 2.06. The molecular weight excluding hydrogens is 158 g/mol. The Hall–Kier alpha value is -1.37. The molecule has 0 saturated heterocycles. The van der Waals surface area contributed by atoms with Gasteiger partial charge in [0.25, 0.3) is 0 Å². The zero-order valence-electron chi connectivity index (χ0n) is 8.20. The van der Waals surface area contributed by atoms with Crippen LogP contribution in [-0.2, 0) is 0 Å². The fourth-order valence-corrected chi connectivity index (χ4v) is 1.30. The van der Waals surface area contributed by atoms with Gasteiger partial charge in [0.2, 0.25) is 0 Å². The quantitative estimate of drug-likeness (QED) is 0.569. The molecule has 0 aromatic heterocycles. The lowest BCUT2D eigenvalue weighted by Crippen LogP contribution is -2.08. The van der Waals surface area contributed by atoms with E-state index in [9.17, 15) is 0 Å². The first-order valence-corrected chi connectivity index (χ1v) is 4.45. The number of aliphatic imine (C=N–C) groups is 1. The molecule has 0 saturated carbocycles. The van der Waals surface area contributed by atoms with E-state index < -0.39 is 0 Å². The molecular formula is C12H15N. The molecule has 0 bridgehead atoms. The Morgan fingerprint density at radius 2 is 2.23 bits per heavy atom. The maximum atomic E-state index is 4.31. The van der Waals surface area contributed by atoms with E-state index in [1.54, 1.807) is 6.08 Å². The van der Waals surface area contributed by atoms with E-state index in [4.69, 9.17) is 0 Å². The molecule has 0 aromatic carbocycles. The summed E-state index contributed by atoms with van der Waals surface area (Å²) in [4.78, 5) is 4.31. The third kappa shape index (κ3) is 2.55. The minimum Gasteiger partial charge on any atom is -0.285 e. The molecule has 0 spiro atoms. The zero-order chi connectivity index (χ0) is 9.68. The fraction of sp³-hybridized carbons (Fsp3) is 0.250. The van der Waals surface area contributed by atoms with Crippen LogP contribution in [0.15, 0.2) is 53.1 Å². The van der Waals surface area contributed by atoms with Crippen LogP contribution in [0.1, 0.15) is 13.8 Å². The van der Waals surface area contributed by atoms with Crippen LogP contribution in [0.2, 0.25) is 0 Å². The van der Waals surface area contributed by atoms with Crippen molar-refractivity contribution in [2.24, 2.45) is 4.99 Å². The van der Waals surface area contributed by atoms with Gasteiger partial charge in [-0.1, -0.05) is 30.9 Å². The van der Waals surface area contributed by atoms with Gasteiger partial charge >= 0.3 is 0 Å². The smallest absolute Gasteiger partial charge is 0.0723 e. The average molecular weight is 173 g/mol. The number of hydrogen-bond donors (Lipinski definition) is 0. The van der Waals surface area contributed by atoms with E-state index in [-0.39, 0.29) is 6.04 Å². The van der Waals surface area contributed by atoms with Gasteiger partial charge in [-0.3, -0.25) is 4.99 Å². The summed E-state index contributed by atoms with van der Waals surface area (Å²) in [6, 6.07) is 0.277. The molecule has 1 rings (SSSR count). The molecule has 0 amide bonds. The second-order valence-corrected chi connectivity index (χ2v) is 3.07. The van der Waals surface area contributed by atoms with Gasteiger partial charge in [0.05, 0.1) is 6.04 Å². The van der Waals surface area contributed by atoms with Crippen molar-refractivity contribution in [3.63, 3.8) is 0 Å². The van der Waals surface area contributed by atoms with E-state index >= 15 is 0 Å². The Kier molecular flexibility index (Phi) is 3.44. The molecule has 1 nitrogen and oxygen atoms in total. The standard InChI is InChI=1S/C12H15N/c1-4-5-6-7-12-10(2)8-9-13-11(12)3/h4-9,11H,1H2,2-3H3/b6-5-,12-7-. The fourth-order valence-electron chi connectivity index (χ4n) is 1.30. The summed E-state index contributed by atoms with van der Waals surface area (Å²) >= 11 is 0. The SMILES string of the molecule is C=C/C=C\C=C1\C(C)=CC=NC1C. The Bertz CT molecular complexity index is 303. The number of nitrogens with zero attached hydrogens (tertiary/aromatic N) is 1. The van der Waals surface area contributed by atoms with Crippen LogP contribution in [-0.4, -0.2) is 12.3 Å². The number of rotatable bonds is 2. The first kappa shape index (κ1) is 9.72. The van der Waals surface area contributed by atoms with Crippen molar-refractivity contribution in [2.45, 2.75) is 19.9 Å². The van der Waals surface area contributed by atoms with Crippen molar-refractivity contribution >= 4 is 6.21 Å². The molecule has 13 heavy (non-hydrogen) atoms. The molecule has 1 heteroatoms. The molecule has 0 aliphatic carbocycles. The second kappa shape index (κ2) is 4.61. The Balaban J connectivity index is 2.84. The molecule has 1 heterocycles. The van der Waals surface area contributed by atoms with Crippen molar-refractivity contribution in [1.82, 2.24) is 0 Å². The number of hydrogen-bond acceptors (Lipinski definition) is 1. The Labute approximate surface area is 79.9 Å². The summed E-state index contributed by atoms with van der Waals surface area (Å²) < 4.78 is 0. The van der Waals surface area contributed by atoms with Gasteiger partial charge in [0.1, 0.15) is 0 Å². The van der Waals surface area contributed by atoms with Crippen molar-refractivity contribution in [3.05, 3.63) is 48.1 Å². The van der Waals surface area contributed by atoms with Gasteiger partial charge in [-0.15, -0.1) is 0 Å². The van der Waals surface area contributed by atoms with Gasteiger partial charge in [0, 0.05) is 6.21 Å². The Morgan fingerprint density at radius 1 is 1.46 bits per heavy atom. The highest BCUT2D eigenvalue weighted by Crippen LogP contribution is 2.19. The first-order chi connectivity index (χ1) is 6.25. The lowest BCUT2D eigenvalue weighted by molar-refractivity contribution is 0.867. The first-order valence-electron chi connectivity index (χ1n) is 4.45. The Morgan fingerprint density at radius 3 is 2.85 bits per heavy atom. The average Bonchev–Trinajstić information content (AvgIpc) is 2.10. The highest BCUT2D eigenvalue weighted by atomic mass is 14.8. The topological polar surface area (TPSA) is 12.4 Å². The van der Waals surface area contributed by atoms with Crippen LogP contribution in [0.5, 0.6) is 0 Å². The largest absolute Gasteiger partial charge is 0.285 e. The van der Waals surface area contributed by atoms with E-state index in [2.05, 4.69) is 31.5 Å². The predicted molar refractivity (Wildman–Crippen MR) is 59.1 cm³/mol. The van der Waals surface area contributed by atoms with E-state index in [1.165, 1.54) is 11.1 Å². The number of dihydropyridines is 1. The van der Waals surface area contributed by atoms with E-state index in [1.807, 2.05) is 24.4 Å². The maximum Gasteiger partial charge on any atom is 0.0723 e. The highest BCUT2D eigenvalue weighted by molar-refractivity contribution is 5.76. The molecule has 1 aliphatic rings. The van der Waals surface area contributed by atoms with Crippen LogP contribution < -0.4 is 0 Å². The van der Waals surface area contributed by atoms with E-state index in [0.29, 0.717) is 0 Å². The molecule has 0 fully saturated rings. The van der Waals surface area contributed by atoms with Crippen LogP contribution in [0.4, 0.5) is 0 Å². The molecule has 1 unspecified atom stereocenters. The van der Waals surface area contributed by atoms with Crippen LogP contribution in [0, 0.1) is 0 Å². The summed E-state index contributed by atoms with van der Waals surface area (Å²) in [6.45, 7) is 7.83.